The molecule has 2 spiro atoms. The lowest BCUT2D eigenvalue weighted by Gasteiger charge is -2.33. The number of tetrazole rings is 2. The van der Waals surface area contributed by atoms with Crippen molar-refractivity contribution in [2.45, 2.75) is 75.7 Å². The molecule has 0 bridgehead atoms. The van der Waals surface area contributed by atoms with Crippen molar-refractivity contribution in [1.29, 1.82) is 0 Å². The number of benzene rings is 4. The van der Waals surface area contributed by atoms with Gasteiger partial charge in [-0.3, -0.25) is 9.59 Å². The minimum absolute atomic E-state index is 0.0397. The summed E-state index contributed by atoms with van der Waals surface area (Å²) in [5, 5.41) is 28.1. The van der Waals surface area contributed by atoms with Crippen LogP contribution < -0.4 is 0 Å². The van der Waals surface area contributed by atoms with Crippen molar-refractivity contribution in [3.05, 3.63) is 108 Å². The molecule has 12 nitrogen and oxygen atoms in total. The summed E-state index contributed by atoms with van der Waals surface area (Å²) in [5.41, 5.74) is 9.92. The van der Waals surface area contributed by atoms with Gasteiger partial charge in [0.05, 0.1) is 12.0 Å². The summed E-state index contributed by atoms with van der Waals surface area (Å²) in [6, 6.07) is 34.6. The molecule has 2 aromatic heterocycles. The Morgan fingerprint density at radius 3 is 1.67 bits per heavy atom. The first-order valence-corrected chi connectivity index (χ1v) is 21.9. The van der Waals surface area contributed by atoms with Gasteiger partial charge < -0.3 is 9.80 Å². The minimum atomic E-state index is -0.0875. The number of piperidine rings is 2. The Morgan fingerprint density at radius 1 is 0.600 bits per heavy atom. The number of aromatic amines is 1. The van der Waals surface area contributed by atoms with E-state index in [1.54, 1.807) is 4.80 Å². The molecule has 6 aromatic rings. The van der Waals surface area contributed by atoms with E-state index in [4.69, 9.17) is 5.10 Å². The van der Waals surface area contributed by atoms with Crippen molar-refractivity contribution in [3.63, 3.8) is 0 Å². The number of nitrogens with zero attached hydrogens (tertiary/aromatic N) is 9. The van der Waals surface area contributed by atoms with Gasteiger partial charge >= 0.3 is 0 Å². The predicted molar refractivity (Wildman–Crippen MR) is 225 cm³/mol. The third kappa shape index (κ3) is 6.42. The molecular formula is C48H48N10O2. The molecule has 2 aliphatic heterocycles. The second kappa shape index (κ2) is 13.8. The summed E-state index contributed by atoms with van der Waals surface area (Å²) >= 11 is 0. The van der Waals surface area contributed by atoms with Crippen LogP contribution in [-0.2, 0) is 9.59 Å². The molecule has 3 unspecified atom stereocenters. The topological polar surface area (TPSA) is 139 Å². The first kappa shape index (κ1) is 35.9. The van der Waals surface area contributed by atoms with E-state index in [2.05, 4.69) is 120 Å². The number of H-pyrrole nitrogens is 1. The molecule has 4 saturated carbocycles. The van der Waals surface area contributed by atoms with Gasteiger partial charge in [0, 0.05) is 43.2 Å². The van der Waals surface area contributed by atoms with Crippen LogP contribution in [0.4, 0.5) is 0 Å². The van der Waals surface area contributed by atoms with E-state index in [9.17, 15) is 9.59 Å². The second-order valence-corrected chi connectivity index (χ2v) is 18.6. The third-order valence-electron chi connectivity index (χ3n) is 15.1. The molecule has 1 N–H and O–H groups in total. The van der Waals surface area contributed by atoms with E-state index < -0.39 is 0 Å². The Hall–Kier alpha value is -6.04. The number of amides is 2. The van der Waals surface area contributed by atoms with Crippen LogP contribution in [-0.4, -0.2) is 88.6 Å². The number of hydrogen-bond donors (Lipinski definition) is 1. The van der Waals surface area contributed by atoms with Gasteiger partial charge in [0.25, 0.3) is 0 Å². The van der Waals surface area contributed by atoms with Crippen LogP contribution in [0.25, 0.3) is 45.0 Å². The molecule has 4 heterocycles. The van der Waals surface area contributed by atoms with Gasteiger partial charge in [-0.15, -0.1) is 20.4 Å². The zero-order valence-corrected chi connectivity index (χ0v) is 33.7. The average molecular weight is 797 g/mol. The average Bonchev–Trinajstić information content (AvgIpc) is 4.26. The molecule has 302 valence electrons. The van der Waals surface area contributed by atoms with Gasteiger partial charge in [-0.05, 0) is 136 Å². The van der Waals surface area contributed by atoms with Crippen LogP contribution in [0.3, 0.4) is 0 Å². The van der Waals surface area contributed by atoms with E-state index in [1.807, 2.05) is 18.2 Å². The summed E-state index contributed by atoms with van der Waals surface area (Å²) in [7, 11) is 0. The van der Waals surface area contributed by atoms with Gasteiger partial charge in [0.2, 0.25) is 23.5 Å². The molecule has 6 fully saturated rings. The quantitative estimate of drug-likeness (QED) is 0.157. The fourth-order valence-electron chi connectivity index (χ4n) is 10.9. The number of carbonyl (C=O) groups excluding carboxylic acids is 2. The summed E-state index contributed by atoms with van der Waals surface area (Å²) < 4.78 is 0. The summed E-state index contributed by atoms with van der Waals surface area (Å²) in [4.78, 5) is 32.2. The SMILES string of the molecule is O=C(C1CC1)N1CCC2(CC1)CC2c1ccc(-c2cccc(-c3nnn(C4CC4C(=O)N4CCC5(CC4)C[C@H]5c4ccc(-c5cccc(-c6nn[nH]n6)c5)cc4)n3)c2)cc1. The standard InChI is InChI=1S/C48H48N10O2/c59-45(34-15-16-34)56-21-17-47(18-22-56)28-40(47)32-13-9-31(10-14-32)36-4-2-6-38(26-36)44-51-55-58(52-44)42-27-39(42)46(60)57-23-19-48(20-24-57)29-41(48)33-11-7-30(8-12-33)35-3-1-5-37(25-35)43-49-53-54-50-43/h1-14,25-26,34,39-42H,15-24,27-29H2,(H,49,50,53,54)/t39?,40?,41-,42?/m0/s1. The predicted octanol–water partition coefficient (Wildman–Crippen LogP) is 7.72. The van der Waals surface area contributed by atoms with Gasteiger partial charge in [-0.2, -0.15) is 10.0 Å². The van der Waals surface area contributed by atoms with Gasteiger partial charge in [0.1, 0.15) is 0 Å². The lowest BCUT2D eigenvalue weighted by atomic mass is 9.88. The number of likely N-dealkylation sites (tertiary alicyclic amines) is 2. The Bertz CT molecular complexity index is 2580. The largest absolute Gasteiger partial charge is 0.342 e. The second-order valence-electron chi connectivity index (χ2n) is 18.6. The Balaban J connectivity index is 0.637. The molecule has 2 amide bonds. The lowest BCUT2D eigenvalue weighted by molar-refractivity contribution is -0.135. The van der Waals surface area contributed by atoms with Gasteiger partial charge in [-0.25, -0.2) is 0 Å². The Labute approximate surface area is 348 Å². The Morgan fingerprint density at radius 2 is 1.13 bits per heavy atom. The van der Waals surface area contributed by atoms with Crippen LogP contribution in [0.15, 0.2) is 97.1 Å². The maximum Gasteiger partial charge on any atom is 0.227 e. The number of nitrogens with one attached hydrogen (secondary N) is 1. The van der Waals surface area contributed by atoms with E-state index in [0.717, 1.165) is 93.4 Å². The van der Waals surface area contributed by atoms with Crippen LogP contribution in [0, 0.1) is 22.7 Å². The summed E-state index contributed by atoms with van der Waals surface area (Å²) in [6.45, 7) is 3.47. The zero-order valence-electron chi connectivity index (χ0n) is 33.7. The molecule has 60 heavy (non-hydrogen) atoms. The van der Waals surface area contributed by atoms with Crippen molar-refractivity contribution < 1.29 is 9.59 Å². The first-order valence-electron chi connectivity index (χ1n) is 21.9. The van der Waals surface area contributed by atoms with Crippen molar-refractivity contribution in [2.24, 2.45) is 22.7 Å². The smallest absolute Gasteiger partial charge is 0.227 e. The lowest BCUT2D eigenvalue weighted by Crippen LogP contribution is -2.40. The molecule has 4 aliphatic carbocycles. The highest BCUT2D eigenvalue weighted by molar-refractivity contribution is 5.82. The van der Waals surface area contributed by atoms with Crippen LogP contribution >= 0.6 is 0 Å². The van der Waals surface area contributed by atoms with Gasteiger partial charge in [-0.1, -0.05) is 84.9 Å². The zero-order chi connectivity index (χ0) is 40.0. The first-order chi connectivity index (χ1) is 29.4. The maximum absolute atomic E-state index is 13.7. The van der Waals surface area contributed by atoms with Crippen LogP contribution in [0.5, 0.6) is 0 Å². The highest BCUT2D eigenvalue weighted by Crippen LogP contribution is 2.66. The molecule has 4 aromatic carbocycles. The molecular weight excluding hydrogens is 749 g/mol. The number of hydrogen-bond acceptors (Lipinski definition) is 8. The monoisotopic (exact) mass is 796 g/mol. The molecule has 0 radical (unpaired) electrons. The molecule has 12 rings (SSSR count). The Kier molecular flexibility index (Phi) is 8.22. The highest BCUT2D eigenvalue weighted by atomic mass is 16.2. The fraction of sp³-hybridized carbons (Fsp3) is 0.417. The van der Waals surface area contributed by atoms with E-state index in [0.29, 0.717) is 46.1 Å². The summed E-state index contributed by atoms with van der Waals surface area (Å²) in [5.74, 6) is 3.19. The molecule has 6 aliphatic rings. The maximum atomic E-state index is 13.7. The van der Waals surface area contributed by atoms with Crippen LogP contribution in [0.1, 0.15) is 86.8 Å². The van der Waals surface area contributed by atoms with Gasteiger partial charge in [0.15, 0.2) is 0 Å². The highest BCUT2D eigenvalue weighted by Gasteiger charge is 2.58. The van der Waals surface area contributed by atoms with Crippen molar-refractivity contribution in [2.75, 3.05) is 26.2 Å². The van der Waals surface area contributed by atoms with E-state index in [1.165, 1.54) is 35.1 Å². The van der Waals surface area contributed by atoms with Crippen molar-refractivity contribution in [3.8, 4) is 45.0 Å². The fourth-order valence-corrected chi connectivity index (χ4v) is 10.9. The third-order valence-corrected chi connectivity index (χ3v) is 15.1. The van der Waals surface area contributed by atoms with E-state index >= 15 is 0 Å². The molecule has 4 atom stereocenters. The molecule has 12 heteroatoms. The molecule has 2 saturated heterocycles. The van der Waals surface area contributed by atoms with Crippen molar-refractivity contribution >= 4 is 11.8 Å². The van der Waals surface area contributed by atoms with Crippen molar-refractivity contribution in [1.82, 2.24) is 50.6 Å². The minimum Gasteiger partial charge on any atom is -0.342 e. The van der Waals surface area contributed by atoms with E-state index in [-0.39, 0.29) is 17.9 Å². The van der Waals surface area contributed by atoms with Crippen LogP contribution in [0.2, 0.25) is 0 Å². The number of aromatic nitrogens is 8. The normalized spacial score (nSPS) is 24.7. The summed E-state index contributed by atoms with van der Waals surface area (Å²) in [6.07, 6.45) is 9.70. The number of rotatable bonds is 9. The number of carbonyl (C=O) groups is 2.